The van der Waals surface area contributed by atoms with Crippen LogP contribution in [0.3, 0.4) is 0 Å². The monoisotopic (exact) mass is 411 g/mol. The van der Waals surface area contributed by atoms with E-state index in [-0.39, 0.29) is 12.0 Å². The number of anilines is 1. The summed E-state index contributed by atoms with van der Waals surface area (Å²) in [5.41, 5.74) is 1.68. The number of methoxy groups -OCH3 is 1. The van der Waals surface area contributed by atoms with Gasteiger partial charge in [0.25, 0.3) is 5.91 Å². The number of hydrogen-bond donors (Lipinski definition) is 0. The lowest BCUT2D eigenvalue weighted by Gasteiger charge is -2.34. The zero-order chi connectivity index (χ0) is 20.4. The lowest BCUT2D eigenvalue weighted by atomic mass is 10.1. The van der Waals surface area contributed by atoms with Crippen molar-refractivity contribution >= 4 is 32.6 Å². The molecule has 1 aliphatic heterocycles. The molecule has 0 N–H and O–H groups in total. The van der Waals surface area contributed by atoms with Crippen molar-refractivity contribution in [3.63, 3.8) is 0 Å². The molecule has 2 heterocycles. The summed E-state index contributed by atoms with van der Waals surface area (Å²) in [5, 5.41) is 0.996. The second-order valence-corrected chi connectivity index (χ2v) is 8.31. The Kier molecular flexibility index (Phi) is 5.58. The molecule has 0 aliphatic carbocycles. The molecule has 0 spiro atoms. The number of fused-ring (bicyclic) bond motifs is 1. The average molecular weight is 412 g/mol. The normalized spacial score (nSPS) is 14.5. The minimum Gasteiger partial charge on any atom is -0.497 e. The molecule has 0 bridgehead atoms. The minimum atomic E-state index is 0.0646. The fraction of sp³-hybridized carbons (Fsp3) is 0.364. The van der Waals surface area contributed by atoms with Gasteiger partial charge in [-0.05, 0) is 56.3 Å². The van der Waals surface area contributed by atoms with Crippen LogP contribution in [-0.4, -0.2) is 55.2 Å². The average Bonchev–Trinajstić information content (AvgIpc) is 3.16. The molecule has 0 radical (unpaired) electrons. The highest BCUT2D eigenvalue weighted by molar-refractivity contribution is 7.22. The van der Waals surface area contributed by atoms with Crippen molar-refractivity contribution in [3.8, 4) is 11.5 Å². The van der Waals surface area contributed by atoms with E-state index in [2.05, 4.69) is 4.90 Å². The number of nitrogens with zero attached hydrogens (tertiary/aromatic N) is 3. The molecule has 1 aromatic heterocycles. The molecule has 0 atom stereocenters. The number of benzene rings is 2. The number of rotatable bonds is 5. The maximum atomic E-state index is 12.8. The van der Waals surface area contributed by atoms with Crippen LogP contribution in [0.25, 0.3) is 10.2 Å². The van der Waals surface area contributed by atoms with Gasteiger partial charge in [-0.2, -0.15) is 0 Å². The summed E-state index contributed by atoms with van der Waals surface area (Å²) in [5.74, 6) is 1.69. The van der Waals surface area contributed by atoms with E-state index in [1.807, 2.05) is 61.2 Å². The molecule has 4 rings (SSSR count). The fourth-order valence-corrected chi connectivity index (χ4v) is 4.43. The van der Waals surface area contributed by atoms with Gasteiger partial charge in [-0.3, -0.25) is 4.79 Å². The van der Waals surface area contributed by atoms with Gasteiger partial charge in [0.1, 0.15) is 11.5 Å². The van der Waals surface area contributed by atoms with Crippen LogP contribution in [0.1, 0.15) is 24.2 Å². The van der Waals surface area contributed by atoms with Crippen LogP contribution in [0, 0.1) is 0 Å². The molecule has 1 aliphatic rings. The highest BCUT2D eigenvalue weighted by atomic mass is 32.1. The first-order valence-electron chi connectivity index (χ1n) is 9.79. The van der Waals surface area contributed by atoms with Gasteiger partial charge in [0.05, 0.1) is 23.4 Å². The molecule has 152 valence electrons. The van der Waals surface area contributed by atoms with Crippen LogP contribution in [0.15, 0.2) is 42.5 Å². The summed E-state index contributed by atoms with van der Waals surface area (Å²) in [6, 6.07) is 13.3. The molecule has 29 heavy (non-hydrogen) atoms. The Hall–Kier alpha value is -2.80. The molecule has 2 aromatic carbocycles. The Bertz CT molecular complexity index is 992. The van der Waals surface area contributed by atoms with Gasteiger partial charge in [0.2, 0.25) is 0 Å². The van der Waals surface area contributed by atoms with E-state index in [9.17, 15) is 4.79 Å². The van der Waals surface area contributed by atoms with Crippen molar-refractivity contribution in [1.29, 1.82) is 0 Å². The van der Waals surface area contributed by atoms with Crippen LogP contribution >= 0.6 is 11.3 Å². The largest absolute Gasteiger partial charge is 0.497 e. The highest BCUT2D eigenvalue weighted by Gasteiger charge is 2.24. The molecular formula is C22H25N3O3S. The lowest BCUT2D eigenvalue weighted by Crippen LogP contribution is -2.48. The summed E-state index contributed by atoms with van der Waals surface area (Å²) in [7, 11) is 1.67. The summed E-state index contributed by atoms with van der Waals surface area (Å²) >= 11 is 1.66. The maximum Gasteiger partial charge on any atom is 0.253 e. The van der Waals surface area contributed by atoms with Gasteiger partial charge in [-0.1, -0.05) is 11.3 Å². The molecule has 1 amide bonds. The summed E-state index contributed by atoms with van der Waals surface area (Å²) < 4.78 is 12.1. The number of aromatic nitrogens is 1. The Morgan fingerprint density at radius 3 is 2.38 bits per heavy atom. The minimum absolute atomic E-state index is 0.0646. The first-order valence-corrected chi connectivity index (χ1v) is 10.6. The van der Waals surface area contributed by atoms with E-state index >= 15 is 0 Å². The van der Waals surface area contributed by atoms with Crippen molar-refractivity contribution in [3.05, 3.63) is 48.0 Å². The topological polar surface area (TPSA) is 54.9 Å². The molecule has 7 heteroatoms. The van der Waals surface area contributed by atoms with E-state index in [4.69, 9.17) is 14.5 Å². The third kappa shape index (κ3) is 4.29. The Labute approximate surface area is 174 Å². The zero-order valence-electron chi connectivity index (χ0n) is 16.9. The molecule has 3 aromatic rings. The standard InChI is InChI=1S/C22H25N3O3S/c1-15(2)28-17-6-4-16(5-7-17)21(26)24-10-12-25(13-11-24)22-23-19-9-8-18(27-3)14-20(19)29-22/h4-9,14-15H,10-13H2,1-3H3. The molecular weight excluding hydrogens is 386 g/mol. The fourth-order valence-electron chi connectivity index (χ4n) is 3.39. The molecule has 1 fully saturated rings. The number of carbonyl (C=O) groups is 1. The van der Waals surface area contributed by atoms with E-state index in [1.54, 1.807) is 18.4 Å². The SMILES string of the molecule is COc1ccc2nc(N3CCN(C(=O)c4ccc(OC(C)C)cc4)CC3)sc2c1. The highest BCUT2D eigenvalue weighted by Crippen LogP contribution is 2.32. The first-order chi connectivity index (χ1) is 14.0. The Morgan fingerprint density at radius 2 is 1.72 bits per heavy atom. The van der Waals surface area contributed by atoms with Gasteiger partial charge in [0, 0.05) is 31.7 Å². The quantitative estimate of drug-likeness (QED) is 0.634. The van der Waals surface area contributed by atoms with Crippen molar-refractivity contribution in [2.45, 2.75) is 20.0 Å². The van der Waals surface area contributed by atoms with Crippen molar-refractivity contribution in [1.82, 2.24) is 9.88 Å². The van der Waals surface area contributed by atoms with E-state index in [1.165, 1.54) is 0 Å². The smallest absolute Gasteiger partial charge is 0.253 e. The number of carbonyl (C=O) groups excluding carboxylic acids is 1. The van der Waals surface area contributed by atoms with Crippen LogP contribution in [0.2, 0.25) is 0 Å². The predicted octanol–water partition coefficient (Wildman–Crippen LogP) is 4.05. The number of hydrogen-bond acceptors (Lipinski definition) is 6. The van der Waals surface area contributed by atoms with Gasteiger partial charge in [-0.25, -0.2) is 4.98 Å². The van der Waals surface area contributed by atoms with E-state index in [0.29, 0.717) is 18.7 Å². The summed E-state index contributed by atoms with van der Waals surface area (Å²) in [6.45, 7) is 6.89. The van der Waals surface area contributed by atoms with E-state index in [0.717, 1.165) is 39.9 Å². The van der Waals surface area contributed by atoms with Gasteiger partial charge in [0.15, 0.2) is 5.13 Å². The van der Waals surface area contributed by atoms with Crippen molar-refractivity contribution in [2.75, 3.05) is 38.2 Å². The van der Waals surface area contributed by atoms with Crippen LogP contribution in [0.4, 0.5) is 5.13 Å². The van der Waals surface area contributed by atoms with Crippen LogP contribution in [-0.2, 0) is 0 Å². The molecule has 6 nitrogen and oxygen atoms in total. The second-order valence-electron chi connectivity index (χ2n) is 7.30. The Balaban J connectivity index is 1.39. The maximum absolute atomic E-state index is 12.8. The van der Waals surface area contributed by atoms with Crippen LogP contribution < -0.4 is 14.4 Å². The second kappa shape index (κ2) is 8.29. The van der Waals surface area contributed by atoms with Crippen molar-refractivity contribution in [2.24, 2.45) is 0 Å². The van der Waals surface area contributed by atoms with Crippen molar-refractivity contribution < 1.29 is 14.3 Å². The zero-order valence-corrected chi connectivity index (χ0v) is 17.7. The number of ether oxygens (including phenoxy) is 2. The molecule has 0 unspecified atom stereocenters. The predicted molar refractivity (Wildman–Crippen MR) is 116 cm³/mol. The summed E-state index contributed by atoms with van der Waals surface area (Å²) in [6.07, 6.45) is 0.119. The number of amides is 1. The van der Waals surface area contributed by atoms with E-state index < -0.39 is 0 Å². The van der Waals surface area contributed by atoms with Gasteiger partial charge >= 0.3 is 0 Å². The summed E-state index contributed by atoms with van der Waals surface area (Å²) in [4.78, 5) is 21.7. The third-order valence-electron chi connectivity index (χ3n) is 4.89. The third-order valence-corrected chi connectivity index (χ3v) is 5.97. The van der Waals surface area contributed by atoms with Gasteiger partial charge < -0.3 is 19.3 Å². The van der Waals surface area contributed by atoms with Gasteiger partial charge in [-0.15, -0.1) is 0 Å². The Morgan fingerprint density at radius 1 is 1.03 bits per heavy atom. The molecule has 1 saturated heterocycles. The van der Waals surface area contributed by atoms with Crippen LogP contribution in [0.5, 0.6) is 11.5 Å². The number of thiazole rings is 1. The molecule has 0 saturated carbocycles. The lowest BCUT2D eigenvalue weighted by molar-refractivity contribution is 0.0746. The number of piperazine rings is 1. The first kappa shape index (κ1) is 19.5.